The van der Waals surface area contributed by atoms with Crippen molar-refractivity contribution in [2.45, 2.75) is 33.0 Å². The first-order valence-electron chi connectivity index (χ1n) is 5.43. The van der Waals surface area contributed by atoms with Gasteiger partial charge in [0.15, 0.2) is 0 Å². The van der Waals surface area contributed by atoms with E-state index in [2.05, 4.69) is 46.1 Å². The molecule has 0 saturated carbocycles. The fourth-order valence-electron chi connectivity index (χ4n) is 1.57. The molecule has 0 spiro atoms. The molecule has 0 bridgehead atoms. The second kappa shape index (κ2) is 5.23. The van der Waals surface area contributed by atoms with Crippen molar-refractivity contribution in [2.24, 2.45) is 0 Å². The van der Waals surface area contributed by atoms with Gasteiger partial charge >= 0.3 is 0 Å². The van der Waals surface area contributed by atoms with Crippen LogP contribution in [0, 0.1) is 0 Å². The molecule has 0 aromatic carbocycles. The van der Waals surface area contributed by atoms with Crippen LogP contribution in [0.25, 0.3) is 0 Å². The van der Waals surface area contributed by atoms with Gasteiger partial charge in [-0.1, -0.05) is 0 Å². The van der Waals surface area contributed by atoms with Gasteiger partial charge in [-0.25, -0.2) is 9.67 Å². The minimum absolute atomic E-state index is 0.355. The minimum atomic E-state index is 0.355. The van der Waals surface area contributed by atoms with E-state index in [1.54, 1.807) is 17.7 Å². The summed E-state index contributed by atoms with van der Waals surface area (Å²) in [4.78, 5) is 4.23. The molecule has 0 aliphatic rings. The predicted molar refractivity (Wildman–Crippen MR) is 65.3 cm³/mol. The topological polar surface area (TPSA) is 42.7 Å². The average Bonchev–Trinajstić information content (AvgIpc) is 2.96. The van der Waals surface area contributed by atoms with E-state index in [-0.39, 0.29) is 0 Å². The zero-order valence-electron chi connectivity index (χ0n) is 9.55. The van der Waals surface area contributed by atoms with Crippen molar-refractivity contribution in [2.75, 3.05) is 0 Å². The molecule has 1 N–H and O–H groups in total. The van der Waals surface area contributed by atoms with E-state index in [9.17, 15) is 0 Å². The van der Waals surface area contributed by atoms with Gasteiger partial charge < -0.3 is 5.32 Å². The number of aryl methyl sites for hydroxylation is 1. The van der Waals surface area contributed by atoms with Gasteiger partial charge in [0.1, 0.15) is 12.2 Å². The highest BCUT2D eigenvalue weighted by Gasteiger charge is 2.07. The molecule has 0 aliphatic carbocycles. The smallest absolute Gasteiger partial charge is 0.140 e. The molecule has 16 heavy (non-hydrogen) atoms. The summed E-state index contributed by atoms with van der Waals surface area (Å²) in [6, 6.07) is 2.50. The Balaban J connectivity index is 1.92. The number of nitrogens with zero attached hydrogens (tertiary/aromatic N) is 3. The molecular formula is C11H16N4S. The second-order valence-electron chi connectivity index (χ2n) is 3.65. The molecule has 0 fully saturated rings. The lowest BCUT2D eigenvalue weighted by atomic mass is 10.2. The van der Waals surface area contributed by atoms with Crippen LogP contribution in [-0.4, -0.2) is 14.8 Å². The predicted octanol–water partition coefficient (Wildman–Crippen LogP) is 2.21. The van der Waals surface area contributed by atoms with Crippen LogP contribution in [0.15, 0.2) is 23.2 Å². The molecule has 5 heteroatoms. The SMILES string of the molecule is CCn1ncnc1CNC(C)c1ccsc1. The van der Waals surface area contributed by atoms with Crippen LogP contribution in [-0.2, 0) is 13.1 Å². The second-order valence-corrected chi connectivity index (χ2v) is 4.43. The van der Waals surface area contributed by atoms with Crippen LogP contribution < -0.4 is 5.32 Å². The number of hydrogen-bond acceptors (Lipinski definition) is 4. The highest BCUT2D eigenvalue weighted by atomic mass is 32.1. The lowest BCUT2D eigenvalue weighted by Gasteiger charge is -2.12. The minimum Gasteiger partial charge on any atom is -0.303 e. The maximum Gasteiger partial charge on any atom is 0.140 e. The first-order valence-corrected chi connectivity index (χ1v) is 6.37. The van der Waals surface area contributed by atoms with Gasteiger partial charge in [-0.2, -0.15) is 16.4 Å². The lowest BCUT2D eigenvalue weighted by Crippen LogP contribution is -2.20. The van der Waals surface area contributed by atoms with Gasteiger partial charge in [0.05, 0.1) is 6.54 Å². The van der Waals surface area contributed by atoms with Crippen molar-refractivity contribution < 1.29 is 0 Å². The van der Waals surface area contributed by atoms with E-state index in [0.29, 0.717) is 6.04 Å². The van der Waals surface area contributed by atoms with Crippen LogP contribution in [0.4, 0.5) is 0 Å². The molecule has 4 nitrogen and oxygen atoms in total. The van der Waals surface area contributed by atoms with Crippen molar-refractivity contribution in [3.63, 3.8) is 0 Å². The van der Waals surface area contributed by atoms with Gasteiger partial charge in [-0.05, 0) is 36.2 Å². The van der Waals surface area contributed by atoms with Gasteiger partial charge in [0, 0.05) is 12.6 Å². The highest BCUT2D eigenvalue weighted by Crippen LogP contribution is 2.15. The molecule has 0 aliphatic heterocycles. The average molecular weight is 236 g/mol. The van der Waals surface area contributed by atoms with E-state index in [1.807, 2.05) is 4.68 Å². The monoisotopic (exact) mass is 236 g/mol. The van der Waals surface area contributed by atoms with E-state index in [0.717, 1.165) is 18.9 Å². The number of rotatable bonds is 5. The summed E-state index contributed by atoms with van der Waals surface area (Å²) >= 11 is 1.73. The Hall–Kier alpha value is -1.20. The van der Waals surface area contributed by atoms with E-state index in [4.69, 9.17) is 0 Å². The summed E-state index contributed by atoms with van der Waals surface area (Å²) in [5.74, 6) is 0.990. The van der Waals surface area contributed by atoms with Crippen molar-refractivity contribution >= 4 is 11.3 Å². The van der Waals surface area contributed by atoms with E-state index >= 15 is 0 Å². The van der Waals surface area contributed by atoms with Crippen molar-refractivity contribution in [1.29, 1.82) is 0 Å². The largest absolute Gasteiger partial charge is 0.303 e. The fraction of sp³-hybridized carbons (Fsp3) is 0.455. The number of thiophene rings is 1. The van der Waals surface area contributed by atoms with Crippen LogP contribution in [0.2, 0.25) is 0 Å². The zero-order valence-corrected chi connectivity index (χ0v) is 10.4. The Kier molecular flexibility index (Phi) is 3.69. The number of nitrogens with one attached hydrogen (secondary N) is 1. The first-order chi connectivity index (χ1) is 7.81. The number of aromatic nitrogens is 3. The van der Waals surface area contributed by atoms with Crippen LogP contribution >= 0.6 is 11.3 Å². The molecule has 2 aromatic heterocycles. The summed E-state index contributed by atoms with van der Waals surface area (Å²) in [5, 5.41) is 11.9. The summed E-state index contributed by atoms with van der Waals surface area (Å²) in [6.07, 6.45) is 1.61. The molecule has 0 radical (unpaired) electrons. The molecule has 0 amide bonds. The maximum absolute atomic E-state index is 4.23. The van der Waals surface area contributed by atoms with Crippen LogP contribution in [0.5, 0.6) is 0 Å². The summed E-state index contributed by atoms with van der Waals surface area (Å²) < 4.78 is 1.91. The Morgan fingerprint density at radius 3 is 3.12 bits per heavy atom. The maximum atomic E-state index is 4.23. The Labute approximate surface area is 99.3 Å². The molecule has 1 unspecified atom stereocenters. The van der Waals surface area contributed by atoms with Gasteiger partial charge in [0.2, 0.25) is 0 Å². The molecular weight excluding hydrogens is 220 g/mol. The van der Waals surface area contributed by atoms with Crippen molar-refractivity contribution in [3.05, 3.63) is 34.5 Å². The van der Waals surface area contributed by atoms with Crippen LogP contribution in [0.1, 0.15) is 31.3 Å². The molecule has 2 aromatic rings. The zero-order chi connectivity index (χ0) is 11.4. The Morgan fingerprint density at radius 1 is 1.56 bits per heavy atom. The Bertz CT molecular complexity index is 421. The third-order valence-corrected chi connectivity index (χ3v) is 3.31. The van der Waals surface area contributed by atoms with Gasteiger partial charge in [-0.15, -0.1) is 0 Å². The van der Waals surface area contributed by atoms with Crippen molar-refractivity contribution in [3.8, 4) is 0 Å². The van der Waals surface area contributed by atoms with Crippen molar-refractivity contribution in [1.82, 2.24) is 20.1 Å². The normalized spacial score (nSPS) is 12.9. The van der Waals surface area contributed by atoms with Gasteiger partial charge in [0.25, 0.3) is 0 Å². The summed E-state index contributed by atoms with van der Waals surface area (Å²) in [6.45, 7) is 5.85. The third kappa shape index (κ3) is 2.48. The molecule has 2 heterocycles. The quantitative estimate of drug-likeness (QED) is 0.865. The lowest BCUT2D eigenvalue weighted by molar-refractivity contribution is 0.524. The molecule has 1 atom stereocenters. The number of hydrogen-bond donors (Lipinski definition) is 1. The molecule has 0 saturated heterocycles. The summed E-state index contributed by atoms with van der Waals surface area (Å²) in [5.41, 5.74) is 1.33. The van der Waals surface area contributed by atoms with Crippen LogP contribution in [0.3, 0.4) is 0 Å². The third-order valence-electron chi connectivity index (χ3n) is 2.60. The standard InChI is InChI=1S/C11H16N4S/c1-3-15-11(13-8-14-15)6-12-9(2)10-4-5-16-7-10/h4-5,7-9,12H,3,6H2,1-2H3. The molecule has 86 valence electrons. The van der Waals surface area contributed by atoms with E-state index in [1.165, 1.54) is 5.56 Å². The van der Waals surface area contributed by atoms with E-state index < -0.39 is 0 Å². The highest BCUT2D eigenvalue weighted by molar-refractivity contribution is 7.07. The molecule has 2 rings (SSSR count). The summed E-state index contributed by atoms with van der Waals surface area (Å²) in [7, 11) is 0. The van der Waals surface area contributed by atoms with Gasteiger partial charge in [-0.3, -0.25) is 0 Å². The fourth-order valence-corrected chi connectivity index (χ4v) is 2.33. The first kappa shape index (κ1) is 11.3. The Morgan fingerprint density at radius 2 is 2.44 bits per heavy atom.